The summed E-state index contributed by atoms with van der Waals surface area (Å²) in [4.78, 5) is 21.8. The molecule has 0 saturated carbocycles. The summed E-state index contributed by atoms with van der Waals surface area (Å²) in [6.07, 6.45) is 0. The van der Waals surface area contributed by atoms with Gasteiger partial charge in [0.25, 0.3) is 5.91 Å². The highest BCUT2D eigenvalue weighted by molar-refractivity contribution is 7.22. The van der Waals surface area contributed by atoms with Gasteiger partial charge in [-0.05, 0) is 31.0 Å². The molecule has 2 aromatic heterocycles. The molecule has 1 fully saturated rings. The van der Waals surface area contributed by atoms with Crippen molar-refractivity contribution in [3.8, 4) is 11.3 Å². The van der Waals surface area contributed by atoms with Crippen LogP contribution in [-0.4, -0.2) is 47.1 Å². The monoisotopic (exact) mass is 418 g/mol. The minimum Gasteiger partial charge on any atom is -0.355 e. The smallest absolute Gasteiger partial charge is 0.276 e. The van der Waals surface area contributed by atoms with Crippen molar-refractivity contribution in [2.24, 2.45) is 0 Å². The number of hydrogen-bond acceptors (Lipinski definition) is 6. The second-order valence-corrected chi connectivity index (χ2v) is 8.66. The van der Waals surface area contributed by atoms with E-state index in [1.807, 2.05) is 35.2 Å². The van der Waals surface area contributed by atoms with Crippen molar-refractivity contribution in [1.82, 2.24) is 15.0 Å². The second kappa shape index (κ2) is 7.57. The van der Waals surface area contributed by atoms with E-state index in [0.29, 0.717) is 24.5 Å². The van der Waals surface area contributed by atoms with Crippen molar-refractivity contribution in [2.45, 2.75) is 13.8 Å². The van der Waals surface area contributed by atoms with E-state index in [2.05, 4.69) is 36.0 Å². The fraction of sp³-hybridized carbons (Fsp3) is 0.261. The number of carbonyl (C=O) groups excluding carboxylic acids is 1. The summed E-state index contributed by atoms with van der Waals surface area (Å²) in [7, 11) is 0. The average Bonchev–Trinajstić information content (AvgIpc) is 3.42. The van der Waals surface area contributed by atoms with Gasteiger partial charge in [0.2, 0.25) is 0 Å². The first-order valence-corrected chi connectivity index (χ1v) is 10.8. The lowest BCUT2D eigenvalue weighted by Gasteiger charge is -2.34. The molecule has 4 aromatic rings. The average molecular weight is 419 g/mol. The molecule has 0 unspecified atom stereocenters. The minimum absolute atomic E-state index is 0.0867. The standard InChI is InChI=1S/C23H22N4O2S/c1-15-12-16(2)21-20(13-15)30-23(24-21)27-10-8-26(9-11-27)22(28)18-14-19(29-25-18)17-6-4-3-5-7-17/h3-7,12-14H,8-11H2,1-2H3. The Morgan fingerprint density at radius 3 is 2.57 bits per heavy atom. The summed E-state index contributed by atoms with van der Waals surface area (Å²) in [6.45, 7) is 7.01. The van der Waals surface area contributed by atoms with Gasteiger partial charge in [0.15, 0.2) is 16.6 Å². The Morgan fingerprint density at radius 2 is 1.80 bits per heavy atom. The fourth-order valence-electron chi connectivity index (χ4n) is 3.87. The fourth-order valence-corrected chi connectivity index (χ4v) is 5.06. The Balaban J connectivity index is 1.27. The molecule has 1 saturated heterocycles. The topological polar surface area (TPSA) is 62.5 Å². The number of benzene rings is 2. The lowest BCUT2D eigenvalue weighted by Crippen LogP contribution is -2.48. The van der Waals surface area contributed by atoms with Gasteiger partial charge < -0.3 is 14.3 Å². The summed E-state index contributed by atoms with van der Waals surface area (Å²) in [5.74, 6) is 0.522. The molecule has 2 aromatic carbocycles. The molecule has 0 N–H and O–H groups in total. The molecule has 0 radical (unpaired) electrons. The van der Waals surface area contributed by atoms with Crippen molar-refractivity contribution in [1.29, 1.82) is 0 Å². The lowest BCUT2D eigenvalue weighted by molar-refractivity contribution is 0.0736. The third-order valence-electron chi connectivity index (χ3n) is 5.44. The van der Waals surface area contributed by atoms with Crippen LogP contribution in [0.25, 0.3) is 21.5 Å². The molecule has 0 atom stereocenters. The first-order chi connectivity index (χ1) is 14.6. The third kappa shape index (κ3) is 3.45. The van der Waals surface area contributed by atoms with Crippen LogP contribution in [0.2, 0.25) is 0 Å². The Labute approximate surface area is 178 Å². The predicted octanol–water partition coefficient (Wildman–Crippen LogP) is 4.53. The number of aryl methyl sites for hydroxylation is 2. The van der Waals surface area contributed by atoms with Gasteiger partial charge in [0.05, 0.1) is 10.2 Å². The van der Waals surface area contributed by atoms with Gasteiger partial charge in [-0.1, -0.05) is 52.9 Å². The Morgan fingerprint density at radius 1 is 1.03 bits per heavy atom. The number of amides is 1. The summed E-state index contributed by atoms with van der Waals surface area (Å²) in [5.41, 5.74) is 4.81. The molecule has 30 heavy (non-hydrogen) atoms. The van der Waals surface area contributed by atoms with Crippen molar-refractivity contribution >= 4 is 32.6 Å². The van der Waals surface area contributed by atoms with E-state index in [9.17, 15) is 4.79 Å². The molecule has 0 spiro atoms. The molecular weight excluding hydrogens is 396 g/mol. The molecule has 7 heteroatoms. The first-order valence-electron chi connectivity index (χ1n) is 10.0. The molecule has 5 rings (SSSR count). The number of carbonyl (C=O) groups is 1. The number of hydrogen-bond donors (Lipinski definition) is 0. The van der Waals surface area contributed by atoms with Crippen molar-refractivity contribution in [3.63, 3.8) is 0 Å². The number of aromatic nitrogens is 2. The molecule has 1 aliphatic rings. The highest BCUT2D eigenvalue weighted by Gasteiger charge is 2.26. The minimum atomic E-state index is -0.0867. The van der Waals surface area contributed by atoms with E-state index in [1.54, 1.807) is 17.4 Å². The van der Waals surface area contributed by atoms with Crippen LogP contribution in [0.3, 0.4) is 0 Å². The zero-order valence-corrected chi connectivity index (χ0v) is 17.8. The van der Waals surface area contributed by atoms with Gasteiger partial charge >= 0.3 is 0 Å². The van der Waals surface area contributed by atoms with E-state index < -0.39 is 0 Å². The Hall–Kier alpha value is -3.19. The zero-order valence-electron chi connectivity index (χ0n) is 17.0. The molecule has 0 aliphatic carbocycles. The quantitative estimate of drug-likeness (QED) is 0.489. The molecule has 1 amide bonds. The number of fused-ring (bicyclic) bond motifs is 1. The number of nitrogens with zero attached hydrogens (tertiary/aromatic N) is 4. The van der Waals surface area contributed by atoms with Gasteiger partial charge in [-0.2, -0.15) is 0 Å². The first kappa shape index (κ1) is 18.8. The van der Waals surface area contributed by atoms with Crippen LogP contribution >= 0.6 is 11.3 Å². The number of piperazine rings is 1. The van der Waals surface area contributed by atoms with E-state index in [-0.39, 0.29) is 5.91 Å². The van der Waals surface area contributed by atoms with Gasteiger partial charge in [-0.15, -0.1) is 0 Å². The van der Waals surface area contributed by atoms with Crippen LogP contribution in [0, 0.1) is 13.8 Å². The van der Waals surface area contributed by atoms with Crippen LogP contribution in [0.4, 0.5) is 5.13 Å². The van der Waals surface area contributed by atoms with Crippen LogP contribution in [0.15, 0.2) is 53.1 Å². The molecule has 0 bridgehead atoms. The number of thiazole rings is 1. The van der Waals surface area contributed by atoms with Gasteiger partial charge in [0, 0.05) is 37.8 Å². The third-order valence-corrected chi connectivity index (χ3v) is 6.51. The maximum Gasteiger partial charge on any atom is 0.276 e. The normalized spacial score (nSPS) is 14.5. The summed E-state index contributed by atoms with van der Waals surface area (Å²) >= 11 is 1.72. The zero-order chi connectivity index (χ0) is 20.7. The van der Waals surface area contributed by atoms with Crippen LogP contribution < -0.4 is 4.90 Å². The molecule has 3 heterocycles. The Bertz CT molecular complexity index is 1210. The SMILES string of the molecule is Cc1cc(C)c2nc(N3CCN(C(=O)c4cc(-c5ccccc5)on4)CC3)sc2c1. The van der Waals surface area contributed by atoms with Crippen molar-refractivity contribution in [3.05, 3.63) is 65.4 Å². The van der Waals surface area contributed by atoms with E-state index in [0.717, 1.165) is 29.3 Å². The van der Waals surface area contributed by atoms with Crippen molar-refractivity contribution < 1.29 is 9.32 Å². The maximum atomic E-state index is 12.9. The molecule has 152 valence electrons. The maximum absolute atomic E-state index is 12.9. The van der Waals surface area contributed by atoms with Gasteiger partial charge in [-0.3, -0.25) is 4.79 Å². The molecular formula is C23H22N4O2S. The summed E-state index contributed by atoms with van der Waals surface area (Å²) in [5, 5.41) is 5.03. The summed E-state index contributed by atoms with van der Waals surface area (Å²) in [6, 6.07) is 15.8. The molecule has 6 nitrogen and oxygen atoms in total. The highest BCUT2D eigenvalue weighted by Crippen LogP contribution is 2.32. The highest BCUT2D eigenvalue weighted by atomic mass is 32.1. The van der Waals surface area contributed by atoms with E-state index in [1.165, 1.54) is 15.8 Å². The van der Waals surface area contributed by atoms with Crippen LogP contribution in [-0.2, 0) is 0 Å². The Kier molecular flexibility index (Phi) is 4.75. The number of rotatable bonds is 3. The van der Waals surface area contributed by atoms with Gasteiger partial charge in [-0.25, -0.2) is 4.98 Å². The van der Waals surface area contributed by atoms with Crippen LogP contribution in [0.1, 0.15) is 21.6 Å². The second-order valence-electron chi connectivity index (χ2n) is 7.65. The number of anilines is 1. The summed E-state index contributed by atoms with van der Waals surface area (Å²) < 4.78 is 6.61. The molecule has 1 aliphatic heterocycles. The van der Waals surface area contributed by atoms with Crippen LogP contribution in [0.5, 0.6) is 0 Å². The van der Waals surface area contributed by atoms with E-state index >= 15 is 0 Å². The van der Waals surface area contributed by atoms with E-state index in [4.69, 9.17) is 9.51 Å². The van der Waals surface area contributed by atoms with Crippen molar-refractivity contribution in [2.75, 3.05) is 31.1 Å². The largest absolute Gasteiger partial charge is 0.355 e. The lowest BCUT2D eigenvalue weighted by atomic mass is 10.1. The van der Waals surface area contributed by atoms with Gasteiger partial charge in [0.1, 0.15) is 0 Å². The predicted molar refractivity (Wildman–Crippen MR) is 119 cm³/mol.